The number of hydrogen-bond donors (Lipinski definition) is 2. The molecule has 0 saturated carbocycles. The Kier molecular flexibility index (Phi) is 7.76. The predicted octanol–water partition coefficient (Wildman–Crippen LogP) is 4.31. The SMILES string of the molecule is O=C(NCc1ccccc1)C1=C[C@H](c2cccc3c2Cc2ccccc2-3)C[C@H](OCCOCCO)O1. The minimum absolute atomic E-state index is 0.0242. The van der Waals surface area contributed by atoms with E-state index in [1.165, 1.54) is 27.8 Å². The number of amides is 1. The molecule has 1 aliphatic carbocycles. The molecule has 5 rings (SSSR count). The molecule has 0 aromatic heterocycles. The van der Waals surface area contributed by atoms with Crippen LogP contribution in [-0.4, -0.2) is 43.7 Å². The molecule has 0 fully saturated rings. The number of benzene rings is 3. The Balaban J connectivity index is 1.37. The van der Waals surface area contributed by atoms with Gasteiger partial charge in [0.2, 0.25) is 6.29 Å². The van der Waals surface area contributed by atoms with Gasteiger partial charge < -0.3 is 24.6 Å². The molecule has 0 bridgehead atoms. The number of ether oxygens (including phenoxy) is 3. The van der Waals surface area contributed by atoms with Crippen molar-refractivity contribution in [2.24, 2.45) is 0 Å². The standard InChI is InChI=1S/C30H31NO5/c32-13-14-34-15-16-35-29-19-23(18-28(36-29)30(33)31-20-21-7-2-1-3-8-21)25-11-6-12-26-24-10-5-4-9-22(24)17-27(25)26/h1-12,18,23,29,32H,13-17,19-20H2,(H,31,33)/t23-,29+/m0/s1. The van der Waals surface area contributed by atoms with Crippen molar-refractivity contribution in [3.05, 3.63) is 107 Å². The molecule has 0 spiro atoms. The van der Waals surface area contributed by atoms with Crippen LogP contribution in [0.15, 0.2) is 84.6 Å². The molecular weight excluding hydrogens is 454 g/mol. The highest BCUT2D eigenvalue weighted by Gasteiger charge is 2.31. The van der Waals surface area contributed by atoms with E-state index >= 15 is 0 Å². The molecule has 3 aromatic rings. The molecule has 2 atom stereocenters. The number of aliphatic hydroxyl groups is 1. The second-order valence-electron chi connectivity index (χ2n) is 9.00. The Morgan fingerprint density at radius 3 is 2.61 bits per heavy atom. The van der Waals surface area contributed by atoms with E-state index in [9.17, 15) is 4.79 Å². The van der Waals surface area contributed by atoms with Crippen LogP contribution in [0.25, 0.3) is 11.1 Å². The van der Waals surface area contributed by atoms with E-state index in [1.54, 1.807) is 0 Å². The number of rotatable bonds is 10. The third-order valence-electron chi connectivity index (χ3n) is 6.63. The first kappa shape index (κ1) is 24.3. The minimum atomic E-state index is -0.574. The predicted molar refractivity (Wildman–Crippen MR) is 137 cm³/mol. The van der Waals surface area contributed by atoms with Crippen LogP contribution in [0, 0.1) is 0 Å². The van der Waals surface area contributed by atoms with E-state index in [1.807, 2.05) is 36.4 Å². The molecule has 1 aliphatic heterocycles. The molecular formula is C30H31NO5. The van der Waals surface area contributed by atoms with Crippen LogP contribution in [0.2, 0.25) is 0 Å². The van der Waals surface area contributed by atoms with Gasteiger partial charge in [-0.15, -0.1) is 0 Å². The molecule has 2 N–H and O–H groups in total. The minimum Gasteiger partial charge on any atom is -0.459 e. The van der Waals surface area contributed by atoms with Crippen LogP contribution in [0.1, 0.15) is 34.6 Å². The lowest BCUT2D eigenvalue weighted by Gasteiger charge is -2.30. The van der Waals surface area contributed by atoms with E-state index in [2.05, 4.69) is 47.8 Å². The molecule has 2 aliphatic rings. The molecule has 6 heteroatoms. The molecule has 0 saturated heterocycles. The van der Waals surface area contributed by atoms with E-state index in [4.69, 9.17) is 19.3 Å². The van der Waals surface area contributed by atoms with Gasteiger partial charge in [-0.3, -0.25) is 4.79 Å². The van der Waals surface area contributed by atoms with Gasteiger partial charge in [-0.05, 0) is 45.9 Å². The molecule has 36 heavy (non-hydrogen) atoms. The first-order valence-electron chi connectivity index (χ1n) is 12.4. The Morgan fingerprint density at radius 2 is 1.75 bits per heavy atom. The Hall–Kier alpha value is -3.45. The van der Waals surface area contributed by atoms with Gasteiger partial charge in [0.25, 0.3) is 5.91 Å². The topological polar surface area (TPSA) is 77.0 Å². The quantitative estimate of drug-likeness (QED) is 0.327. The van der Waals surface area contributed by atoms with Crippen LogP contribution < -0.4 is 5.32 Å². The van der Waals surface area contributed by atoms with Gasteiger partial charge in [0.05, 0.1) is 26.4 Å². The Bertz CT molecular complexity index is 1220. The van der Waals surface area contributed by atoms with Crippen molar-refractivity contribution in [1.82, 2.24) is 5.32 Å². The van der Waals surface area contributed by atoms with Gasteiger partial charge in [0.15, 0.2) is 5.76 Å². The summed E-state index contributed by atoms with van der Waals surface area (Å²) in [6, 6.07) is 24.7. The third-order valence-corrected chi connectivity index (χ3v) is 6.63. The van der Waals surface area contributed by atoms with Crippen molar-refractivity contribution in [3.8, 4) is 11.1 Å². The van der Waals surface area contributed by atoms with E-state index < -0.39 is 6.29 Å². The Morgan fingerprint density at radius 1 is 0.944 bits per heavy atom. The summed E-state index contributed by atoms with van der Waals surface area (Å²) in [5.41, 5.74) is 7.38. The van der Waals surface area contributed by atoms with Gasteiger partial charge in [-0.25, -0.2) is 0 Å². The van der Waals surface area contributed by atoms with E-state index in [0.717, 1.165) is 12.0 Å². The first-order chi connectivity index (χ1) is 17.7. The number of hydrogen-bond acceptors (Lipinski definition) is 5. The maximum Gasteiger partial charge on any atom is 0.286 e. The van der Waals surface area contributed by atoms with Crippen LogP contribution in [0.4, 0.5) is 0 Å². The maximum absolute atomic E-state index is 13.1. The van der Waals surface area contributed by atoms with E-state index in [0.29, 0.717) is 26.2 Å². The number of carbonyl (C=O) groups excluding carboxylic acids is 1. The lowest BCUT2D eigenvalue weighted by atomic mass is 9.87. The fourth-order valence-corrected chi connectivity index (χ4v) is 4.93. The molecule has 0 radical (unpaired) electrons. The lowest BCUT2D eigenvalue weighted by Crippen LogP contribution is -2.33. The van der Waals surface area contributed by atoms with Crippen molar-refractivity contribution >= 4 is 5.91 Å². The van der Waals surface area contributed by atoms with Crippen LogP contribution in [0.3, 0.4) is 0 Å². The smallest absolute Gasteiger partial charge is 0.286 e. The molecule has 3 aromatic carbocycles. The molecule has 6 nitrogen and oxygen atoms in total. The number of allylic oxidation sites excluding steroid dienone is 1. The highest BCUT2D eigenvalue weighted by atomic mass is 16.7. The average Bonchev–Trinajstić information content (AvgIpc) is 3.31. The number of fused-ring (bicyclic) bond motifs is 3. The number of carbonyl (C=O) groups is 1. The Labute approximate surface area is 211 Å². The molecule has 1 amide bonds. The highest BCUT2D eigenvalue weighted by Crippen LogP contribution is 2.42. The summed E-state index contributed by atoms with van der Waals surface area (Å²) in [7, 11) is 0. The number of nitrogens with one attached hydrogen (secondary N) is 1. The fraction of sp³-hybridized carbons (Fsp3) is 0.300. The zero-order valence-electron chi connectivity index (χ0n) is 20.2. The summed E-state index contributed by atoms with van der Waals surface area (Å²) in [6.45, 7) is 1.32. The van der Waals surface area contributed by atoms with Gasteiger partial charge in [0.1, 0.15) is 0 Å². The second kappa shape index (κ2) is 11.5. The summed E-state index contributed by atoms with van der Waals surface area (Å²) in [5, 5.41) is 11.9. The highest BCUT2D eigenvalue weighted by molar-refractivity contribution is 5.91. The average molecular weight is 486 g/mol. The van der Waals surface area contributed by atoms with Crippen molar-refractivity contribution in [1.29, 1.82) is 0 Å². The lowest BCUT2D eigenvalue weighted by molar-refractivity contribution is -0.151. The summed E-state index contributed by atoms with van der Waals surface area (Å²) >= 11 is 0. The number of aliphatic hydroxyl groups excluding tert-OH is 1. The summed E-state index contributed by atoms with van der Waals surface area (Å²) < 4.78 is 17.3. The molecule has 0 unspecified atom stereocenters. The van der Waals surface area contributed by atoms with Crippen LogP contribution in [-0.2, 0) is 32.0 Å². The summed E-state index contributed by atoms with van der Waals surface area (Å²) in [6.07, 6.45) is 2.83. The zero-order chi connectivity index (χ0) is 24.7. The van der Waals surface area contributed by atoms with Crippen molar-refractivity contribution in [2.45, 2.75) is 31.6 Å². The van der Waals surface area contributed by atoms with Crippen molar-refractivity contribution in [3.63, 3.8) is 0 Å². The van der Waals surface area contributed by atoms with Crippen LogP contribution in [0.5, 0.6) is 0 Å². The fourth-order valence-electron chi connectivity index (χ4n) is 4.93. The molecule has 1 heterocycles. The van der Waals surface area contributed by atoms with Crippen LogP contribution >= 0.6 is 0 Å². The van der Waals surface area contributed by atoms with Gasteiger partial charge >= 0.3 is 0 Å². The monoisotopic (exact) mass is 485 g/mol. The third kappa shape index (κ3) is 5.51. The summed E-state index contributed by atoms with van der Waals surface area (Å²) in [5.74, 6) is -0.00929. The largest absolute Gasteiger partial charge is 0.459 e. The van der Waals surface area contributed by atoms with Crippen molar-refractivity contribution < 1.29 is 24.1 Å². The van der Waals surface area contributed by atoms with Crippen molar-refractivity contribution in [2.75, 3.05) is 26.4 Å². The second-order valence-corrected chi connectivity index (χ2v) is 9.00. The van der Waals surface area contributed by atoms with Gasteiger partial charge in [-0.2, -0.15) is 0 Å². The zero-order valence-corrected chi connectivity index (χ0v) is 20.2. The summed E-state index contributed by atoms with van der Waals surface area (Å²) in [4.78, 5) is 13.1. The maximum atomic E-state index is 13.1. The first-order valence-corrected chi connectivity index (χ1v) is 12.4. The normalized spacial score (nSPS) is 18.1. The van der Waals surface area contributed by atoms with Gasteiger partial charge in [-0.1, -0.05) is 72.8 Å². The van der Waals surface area contributed by atoms with E-state index in [-0.39, 0.29) is 30.8 Å². The van der Waals surface area contributed by atoms with Gasteiger partial charge in [0, 0.05) is 18.9 Å². The molecule has 186 valence electrons.